The van der Waals surface area contributed by atoms with Gasteiger partial charge in [-0.3, -0.25) is 4.79 Å². The average molecular weight is 303 g/mol. The van der Waals surface area contributed by atoms with Gasteiger partial charge >= 0.3 is 0 Å². The quantitative estimate of drug-likeness (QED) is 0.641. The Morgan fingerprint density at radius 2 is 2.18 bits per heavy atom. The first-order valence-electron chi connectivity index (χ1n) is 5.16. The van der Waals surface area contributed by atoms with Crippen molar-refractivity contribution in [2.75, 3.05) is 26.1 Å². The van der Waals surface area contributed by atoms with Crippen LogP contribution in [-0.4, -0.2) is 37.0 Å². The number of pyridine rings is 1. The summed E-state index contributed by atoms with van der Waals surface area (Å²) in [5.74, 6) is 0.484. The fraction of sp³-hybridized carbons (Fsp3) is 0.455. The molecule has 1 N–H and O–H groups in total. The van der Waals surface area contributed by atoms with E-state index < -0.39 is 0 Å². The number of carbonyl (C=O) groups excluding carboxylic acids is 1. The maximum absolute atomic E-state index is 11.8. The fourth-order valence-electron chi connectivity index (χ4n) is 1.23. The van der Waals surface area contributed by atoms with Gasteiger partial charge in [0, 0.05) is 17.9 Å². The summed E-state index contributed by atoms with van der Waals surface area (Å²) in [5, 5.41) is 3.63. The molecule has 0 aliphatic heterocycles. The molecule has 0 unspecified atom stereocenters. The van der Waals surface area contributed by atoms with Gasteiger partial charge in [0.05, 0.1) is 14.2 Å². The lowest BCUT2D eigenvalue weighted by molar-refractivity contribution is 0.0950. The lowest BCUT2D eigenvalue weighted by Gasteiger charge is -2.09. The third-order valence-electron chi connectivity index (χ3n) is 2.08. The minimum absolute atomic E-state index is 0.196. The Hall–Kier alpha value is -1.30. The summed E-state index contributed by atoms with van der Waals surface area (Å²) >= 11 is 3.30. The fourth-order valence-corrected chi connectivity index (χ4v) is 1.51. The van der Waals surface area contributed by atoms with Gasteiger partial charge in [-0.25, -0.2) is 0 Å². The van der Waals surface area contributed by atoms with E-state index in [1.165, 1.54) is 14.2 Å². The van der Waals surface area contributed by atoms with Crippen molar-refractivity contribution in [3.8, 4) is 11.8 Å². The van der Waals surface area contributed by atoms with Crippen molar-refractivity contribution in [3.63, 3.8) is 0 Å². The smallest absolute Gasteiger partial charge is 0.256 e. The molecule has 17 heavy (non-hydrogen) atoms. The van der Waals surface area contributed by atoms with E-state index in [0.29, 0.717) is 18.0 Å². The second kappa shape index (κ2) is 7.11. The molecule has 0 saturated carbocycles. The number of rotatable bonds is 6. The summed E-state index contributed by atoms with van der Waals surface area (Å²) in [6.07, 6.45) is 0.873. The molecule has 94 valence electrons. The molecule has 0 spiro atoms. The standard InChI is InChI=1S/C11H15BrN2O3/c1-16-9-5-4-8(11(14-9)17-2)10(15)13-7-3-6-12/h4-5H,3,6-7H2,1-2H3,(H,13,15). The van der Waals surface area contributed by atoms with E-state index in [2.05, 4.69) is 26.2 Å². The highest BCUT2D eigenvalue weighted by molar-refractivity contribution is 9.09. The second-order valence-electron chi connectivity index (χ2n) is 3.21. The monoisotopic (exact) mass is 302 g/mol. The van der Waals surface area contributed by atoms with Gasteiger partial charge in [-0.15, -0.1) is 0 Å². The highest BCUT2D eigenvalue weighted by Crippen LogP contribution is 2.19. The average Bonchev–Trinajstić information content (AvgIpc) is 2.38. The normalized spacial score (nSPS) is 9.82. The zero-order valence-corrected chi connectivity index (χ0v) is 11.4. The number of nitrogens with zero attached hydrogens (tertiary/aromatic N) is 1. The van der Waals surface area contributed by atoms with Gasteiger partial charge in [0.25, 0.3) is 5.91 Å². The zero-order valence-electron chi connectivity index (χ0n) is 9.83. The topological polar surface area (TPSA) is 60.5 Å². The van der Waals surface area contributed by atoms with Gasteiger partial charge in [0.1, 0.15) is 5.56 Å². The predicted octanol–water partition coefficient (Wildman–Crippen LogP) is 1.61. The van der Waals surface area contributed by atoms with Crippen LogP contribution < -0.4 is 14.8 Å². The number of hydrogen-bond donors (Lipinski definition) is 1. The third kappa shape index (κ3) is 3.89. The van der Waals surface area contributed by atoms with Crippen LogP contribution >= 0.6 is 15.9 Å². The highest BCUT2D eigenvalue weighted by atomic mass is 79.9. The van der Waals surface area contributed by atoms with Crippen LogP contribution in [0.3, 0.4) is 0 Å². The number of hydrogen-bond acceptors (Lipinski definition) is 4. The molecule has 5 nitrogen and oxygen atoms in total. The van der Waals surface area contributed by atoms with Gasteiger partial charge in [0.2, 0.25) is 11.8 Å². The number of methoxy groups -OCH3 is 2. The van der Waals surface area contributed by atoms with Crippen molar-refractivity contribution in [1.82, 2.24) is 10.3 Å². The van der Waals surface area contributed by atoms with Gasteiger partial charge in [-0.05, 0) is 12.5 Å². The Labute approximate surface area is 109 Å². The van der Waals surface area contributed by atoms with E-state index in [9.17, 15) is 4.79 Å². The van der Waals surface area contributed by atoms with Crippen LogP contribution in [0.15, 0.2) is 12.1 Å². The number of amides is 1. The number of ether oxygens (including phenoxy) is 2. The molecule has 0 atom stereocenters. The van der Waals surface area contributed by atoms with Crippen molar-refractivity contribution in [1.29, 1.82) is 0 Å². The zero-order chi connectivity index (χ0) is 12.7. The maximum atomic E-state index is 11.8. The lowest BCUT2D eigenvalue weighted by atomic mass is 10.2. The van der Waals surface area contributed by atoms with Crippen molar-refractivity contribution >= 4 is 21.8 Å². The first kappa shape index (κ1) is 13.8. The maximum Gasteiger partial charge on any atom is 0.256 e. The molecule has 0 aliphatic rings. The first-order valence-corrected chi connectivity index (χ1v) is 6.28. The van der Waals surface area contributed by atoms with Gasteiger partial charge < -0.3 is 14.8 Å². The largest absolute Gasteiger partial charge is 0.481 e. The van der Waals surface area contributed by atoms with Crippen molar-refractivity contribution in [2.45, 2.75) is 6.42 Å². The molecule has 0 saturated heterocycles. The second-order valence-corrected chi connectivity index (χ2v) is 4.00. The Bertz CT molecular complexity index is 385. The molecule has 1 aromatic rings. The van der Waals surface area contributed by atoms with E-state index in [-0.39, 0.29) is 11.8 Å². The first-order chi connectivity index (χ1) is 8.22. The van der Waals surface area contributed by atoms with Crippen LogP contribution in [0.1, 0.15) is 16.8 Å². The molecule has 0 aliphatic carbocycles. The highest BCUT2D eigenvalue weighted by Gasteiger charge is 2.13. The Balaban J connectivity index is 2.78. The van der Waals surface area contributed by atoms with Crippen molar-refractivity contribution < 1.29 is 14.3 Å². The summed E-state index contributed by atoms with van der Waals surface area (Å²) in [4.78, 5) is 15.9. The summed E-state index contributed by atoms with van der Waals surface area (Å²) in [6.45, 7) is 0.610. The number of alkyl halides is 1. The molecular formula is C11H15BrN2O3. The van der Waals surface area contributed by atoms with E-state index in [1.807, 2.05) is 0 Å². The number of carbonyl (C=O) groups is 1. The summed E-state index contributed by atoms with van der Waals surface area (Å²) in [7, 11) is 2.98. The molecule has 1 heterocycles. The van der Waals surface area contributed by atoms with Crippen LogP contribution in [0.5, 0.6) is 11.8 Å². The van der Waals surface area contributed by atoms with Crippen LogP contribution in [-0.2, 0) is 0 Å². The Morgan fingerprint density at radius 3 is 2.76 bits per heavy atom. The number of aromatic nitrogens is 1. The van der Waals surface area contributed by atoms with Crippen molar-refractivity contribution in [2.24, 2.45) is 0 Å². The van der Waals surface area contributed by atoms with Crippen LogP contribution in [0.2, 0.25) is 0 Å². The van der Waals surface area contributed by atoms with E-state index in [1.54, 1.807) is 12.1 Å². The van der Waals surface area contributed by atoms with E-state index >= 15 is 0 Å². The molecule has 0 radical (unpaired) electrons. The van der Waals surface area contributed by atoms with Crippen molar-refractivity contribution in [3.05, 3.63) is 17.7 Å². The minimum atomic E-state index is -0.196. The Morgan fingerprint density at radius 1 is 1.41 bits per heavy atom. The van der Waals surface area contributed by atoms with Crippen LogP contribution in [0.4, 0.5) is 0 Å². The molecule has 1 rings (SSSR count). The molecule has 0 aromatic carbocycles. The number of nitrogens with one attached hydrogen (secondary N) is 1. The summed E-state index contributed by atoms with van der Waals surface area (Å²) in [6, 6.07) is 3.26. The van der Waals surface area contributed by atoms with E-state index in [0.717, 1.165) is 11.8 Å². The van der Waals surface area contributed by atoms with Crippen LogP contribution in [0, 0.1) is 0 Å². The number of halogens is 1. The van der Waals surface area contributed by atoms with Crippen LogP contribution in [0.25, 0.3) is 0 Å². The Kier molecular flexibility index (Phi) is 5.76. The van der Waals surface area contributed by atoms with Gasteiger partial charge in [-0.1, -0.05) is 15.9 Å². The molecular weight excluding hydrogens is 288 g/mol. The summed E-state index contributed by atoms with van der Waals surface area (Å²) < 4.78 is 10.0. The van der Waals surface area contributed by atoms with Gasteiger partial charge in [-0.2, -0.15) is 4.98 Å². The summed E-state index contributed by atoms with van der Waals surface area (Å²) in [5.41, 5.74) is 0.405. The minimum Gasteiger partial charge on any atom is -0.481 e. The predicted molar refractivity (Wildman–Crippen MR) is 68.1 cm³/mol. The molecule has 6 heteroatoms. The lowest BCUT2D eigenvalue weighted by Crippen LogP contribution is -2.25. The molecule has 1 aromatic heterocycles. The molecule has 0 bridgehead atoms. The third-order valence-corrected chi connectivity index (χ3v) is 2.64. The SMILES string of the molecule is COc1ccc(C(=O)NCCCBr)c(OC)n1. The van der Waals surface area contributed by atoms with E-state index in [4.69, 9.17) is 9.47 Å². The van der Waals surface area contributed by atoms with Gasteiger partial charge in [0.15, 0.2) is 0 Å². The molecule has 1 amide bonds. The molecule has 0 fully saturated rings.